The summed E-state index contributed by atoms with van der Waals surface area (Å²) in [5.41, 5.74) is 0. The number of hydrogen-bond donors (Lipinski definition) is 1. The van der Waals surface area contributed by atoms with Crippen LogP contribution in [0.1, 0.15) is 25.7 Å². The number of nitrogens with one attached hydrogen (secondary N) is 1. The molecular formula is C15H28N2O2. The molecule has 4 nitrogen and oxygen atoms in total. The lowest BCUT2D eigenvalue weighted by atomic mass is 10.1. The second-order valence-electron chi connectivity index (χ2n) is 5.71. The zero-order chi connectivity index (χ0) is 13.5. The van der Waals surface area contributed by atoms with Gasteiger partial charge in [-0.15, -0.1) is 0 Å². The first-order valence-electron chi connectivity index (χ1n) is 7.57. The smallest absolute Gasteiger partial charge is 0.134 e. The van der Waals surface area contributed by atoms with Crippen molar-refractivity contribution in [1.82, 2.24) is 10.2 Å². The zero-order valence-electron chi connectivity index (χ0n) is 12.2. The van der Waals surface area contributed by atoms with Crippen molar-refractivity contribution in [2.45, 2.75) is 31.8 Å². The van der Waals surface area contributed by atoms with Crippen LogP contribution in [0.3, 0.4) is 0 Å². The van der Waals surface area contributed by atoms with Crippen molar-refractivity contribution in [3.63, 3.8) is 0 Å². The second-order valence-corrected chi connectivity index (χ2v) is 5.71. The van der Waals surface area contributed by atoms with Crippen LogP contribution in [0, 0.1) is 5.92 Å². The van der Waals surface area contributed by atoms with Gasteiger partial charge >= 0.3 is 0 Å². The molecule has 0 amide bonds. The van der Waals surface area contributed by atoms with Crippen LogP contribution in [0.4, 0.5) is 0 Å². The van der Waals surface area contributed by atoms with Crippen LogP contribution >= 0.6 is 0 Å². The Morgan fingerprint density at radius 2 is 2.16 bits per heavy atom. The maximum absolute atomic E-state index is 6.08. The van der Waals surface area contributed by atoms with Crippen LogP contribution in [0.15, 0.2) is 12.3 Å². The minimum Gasteiger partial charge on any atom is -0.491 e. The van der Waals surface area contributed by atoms with Gasteiger partial charge in [-0.1, -0.05) is 13.0 Å². The van der Waals surface area contributed by atoms with E-state index in [9.17, 15) is 0 Å². The predicted molar refractivity (Wildman–Crippen MR) is 77.2 cm³/mol. The molecule has 2 heterocycles. The van der Waals surface area contributed by atoms with Gasteiger partial charge in [-0.2, -0.15) is 0 Å². The summed E-state index contributed by atoms with van der Waals surface area (Å²) in [6, 6.07) is 0. The molecule has 19 heavy (non-hydrogen) atoms. The van der Waals surface area contributed by atoms with Gasteiger partial charge < -0.3 is 14.8 Å². The molecule has 0 aliphatic carbocycles. The van der Waals surface area contributed by atoms with Gasteiger partial charge in [-0.05, 0) is 38.9 Å². The summed E-state index contributed by atoms with van der Waals surface area (Å²) in [4.78, 5) is 2.49. The molecule has 0 aromatic rings. The van der Waals surface area contributed by atoms with Crippen LogP contribution in [0.2, 0.25) is 0 Å². The van der Waals surface area contributed by atoms with Crippen molar-refractivity contribution in [3.8, 4) is 0 Å². The van der Waals surface area contributed by atoms with E-state index in [1.54, 1.807) is 7.11 Å². The number of nitrogens with zero attached hydrogens (tertiary/aromatic N) is 1. The zero-order valence-corrected chi connectivity index (χ0v) is 12.2. The molecule has 110 valence electrons. The summed E-state index contributed by atoms with van der Waals surface area (Å²) in [7, 11) is 1.74. The molecule has 1 N–H and O–H groups in total. The Hall–Kier alpha value is -0.580. The van der Waals surface area contributed by atoms with Gasteiger partial charge in [0.15, 0.2) is 0 Å². The third kappa shape index (κ3) is 4.79. The highest BCUT2D eigenvalue weighted by Crippen LogP contribution is 2.20. The summed E-state index contributed by atoms with van der Waals surface area (Å²) in [5.74, 6) is 1.41. The Labute approximate surface area is 117 Å². The summed E-state index contributed by atoms with van der Waals surface area (Å²) >= 11 is 0. The first-order valence-corrected chi connectivity index (χ1v) is 7.57. The first kappa shape index (κ1) is 14.8. The predicted octanol–water partition coefficient (Wildman–Crippen LogP) is 1.63. The van der Waals surface area contributed by atoms with Gasteiger partial charge in [0.2, 0.25) is 0 Å². The highest BCUT2D eigenvalue weighted by molar-refractivity contribution is 4.97. The van der Waals surface area contributed by atoms with E-state index in [1.807, 2.05) is 0 Å². The molecule has 2 fully saturated rings. The summed E-state index contributed by atoms with van der Waals surface area (Å²) < 4.78 is 11.4. The fourth-order valence-electron chi connectivity index (χ4n) is 2.98. The number of rotatable bonds is 7. The van der Waals surface area contributed by atoms with Crippen molar-refractivity contribution in [2.24, 2.45) is 5.92 Å². The van der Waals surface area contributed by atoms with Gasteiger partial charge in [0.05, 0.1) is 12.4 Å². The SMILES string of the molecule is C=C(OC(COC)CN1CCCCC1)C1CCNC1. The van der Waals surface area contributed by atoms with Gasteiger partial charge in [0.25, 0.3) is 0 Å². The van der Waals surface area contributed by atoms with Crippen LogP contribution in [0.25, 0.3) is 0 Å². The molecular weight excluding hydrogens is 240 g/mol. The molecule has 2 saturated heterocycles. The van der Waals surface area contributed by atoms with Crippen molar-refractivity contribution < 1.29 is 9.47 Å². The number of methoxy groups -OCH3 is 1. The van der Waals surface area contributed by atoms with E-state index in [2.05, 4.69) is 16.8 Å². The molecule has 2 unspecified atom stereocenters. The lowest BCUT2D eigenvalue weighted by Crippen LogP contribution is -2.39. The molecule has 2 atom stereocenters. The Balaban J connectivity index is 1.78. The quantitative estimate of drug-likeness (QED) is 0.712. The number of piperidine rings is 1. The minimum atomic E-state index is 0.121. The van der Waals surface area contributed by atoms with Crippen LogP contribution in [-0.4, -0.2) is 57.4 Å². The molecule has 0 aromatic carbocycles. The van der Waals surface area contributed by atoms with Gasteiger partial charge in [0.1, 0.15) is 6.10 Å². The maximum atomic E-state index is 6.08. The van der Waals surface area contributed by atoms with Crippen LogP contribution in [0.5, 0.6) is 0 Å². The van der Waals surface area contributed by atoms with Crippen molar-refractivity contribution in [1.29, 1.82) is 0 Å². The van der Waals surface area contributed by atoms with E-state index >= 15 is 0 Å². The third-order valence-electron chi connectivity index (χ3n) is 4.10. The Morgan fingerprint density at radius 3 is 2.79 bits per heavy atom. The lowest BCUT2D eigenvalue weighted by molar-refractivity contribution is 0.00222. The van der Waals surface area contributed by atoms with E-state index in [0.29, 0.717) is 12.5 Å². The van der Waals surface area contributed by atoms with Gasteiger partial charge in [-0.3, -0.25) is 4.90 Å². The van der Waals surface area contributed by atoms with Crippen molar-refractivity contribution >= 4 is 0 Å². The topological polar surface area (TPSA) is 33.7 Å². The summed E-state index contributed by atoms with van der Waals surface area (Å²) in [5, 5.41) is 3.36. The third-order valence-corrected chi connectivity index (χ3v) is 4.10. The van der Waals surface area contributed by atoms with Crippen molar-refractivity contribution in [2.75, 3.05) is 46.4 Å². The van der Waals surface area contributed by atoms with E-state index in [4.69, 9.17) is 9.47 Å². The highest BCUT2D eigenvalue weighted by atomic mass is 16.5. The molecule has 2 aliphatic heterocycles. The number of hydrogen-bond acceptors (Lipinski definition) is 4. The monoisotopic (exact) mass is 268 g/mol. The molecule has 0 bridgehead atoms. The molecule has 2 rings (SSSR count). The van der Waals surface area contributed by atoms with Gasteiger partial charge in [0, 0.05) is 26.1 Å². The normalized spacial score (nSPS) is 26.3. The minimum absolute atomic E-state index is 0.121. The fraction of sp³-hybridized carbons (Fsp3) is 0.867. The van der Waals surface area contributed by atoms with E-state index in [1.165, 1.54) is 32.4 Å². The molecule has 0 aromatic heterocycles. The largest absolute Gasteiger partial charge is 0.491 e. The molecule has 0 radical (unpaired) electrons. The van der Waals surface area contributed by atoms with E-state index in [-0.39, 0.29) is 6.10 Å². The second kappa shape index (κ2) is 7.88. The lowest BCUT2D eigenvalue weighted by Gasteiger charge is -2.31. The maximum Gasteiger partial charge on any atom is 0.134 e. The number of ether oxygens (including phenoxy) is 2. The Morgan fingerprint density at radius 1 is 1.37 bits per heavy atom. The first-order chi connectivity index (χ1) is 9.29. The average Bonchev–Trinajstić information content (AvgIpc) is 2.94. The fourth-order valence-corrected chi connectivity index (χ4v) is 2.98. The molecule has 4 heteroatoms. The standard InChI is InChI=1S/C15H28N2O2/c1-13(14-6-7-16-10-14)19-15(12-18-2)11-17-8-4-3-5-9-17/h14-16H,1,3-12H2,2H3. The Bertz CT molecular complexity index is 271. The average molecular weight is 268 g/mol. The number of likely N-dealkylation sites (tertiary alicyclic amines) is 1. The summed E-state index contributed by atoms with van der Waals surface area (Å²) in [6.07, 6.45) is 5.26. The molecule has 0 saturated carbocycles. The van der Waals surface area contributed by atoms with Gasteiger partial charge in [-0.25, -0.2) is 0 Å². The summed E-state index contributed by atoms with van der Waals surface area (Å²) in [6.45, 7) is 10.2. The molecule has 2 aliphatic rings. The van der Waals surface area contributed by atoms with Crippen LogP contribution < -0.4 is 5.32 Å². The van der Waals surface area contributed by atoms with E-state index in [0.717, 1.165) is 31.8 Å². The highest BCUT2D eigenvalue weighted by Gasteiger charge is 2.23. The Kier molecular flexibility index (Phi) is 6.14. The molecule has 0 spiro atoms. The van der Waals surface area contributed by atoms with E-state index < -0.39 is 0 Å². The van der Waals surface area contributed by atoms with Crippen molar-refractivity contribution in [3.05, 3.63) is 12.3 Å². The van der Waals surface area contributed by atoms with Crippen LogP contribution in [-0.2, 0) is 9.47 Å².